The number of nitrogens with zero attached hydrogens (tertiary/aromatic N) is 6. The second-order valence-corrected chi connectivity index (χ2v) is 11.6. The van der Waals surface area contributed by atoms with Crippen molar-refractivity contribution in [3.63, 3.8) is 0 Å². The summed E-state index contributed by atoms with van der Waals surface area (Å²) in [5.74, 6) is -0.0607. The first-order valence-corrected chi connectivity index (χ1v) is 13.4. The summed E-state index contributed by atoms with van der Waals surface area (Å²) in [6.07, 6.45) is 3.88. The van der Waals surface area contributed by atoms with Crippen molar-refractivity contribution >= 4 is 36.6 Å². The molecule has 0 amide bonds. The van der Waals surface area contributed by atoms with Crippen molar-refractivity contribution in [3.05, 3.63) is 48.4 Å². The van der Waals surface area contributed by atoms with Crippen LogP contribution in [-0.4, -0.2) is 52.6 Å². The highest BCUT2D eigenvalue weighted by Gasteiger charge is 2.46. The largest absolute Gasteiger partial charge is 0.516 e. The van der Waals surface area contributed by atoms with E-state index in [1.54, 1.807) is 7.05 Å². The third-order valence-electron chi connectivity index (χ3n) is 5.26. The van der Waals surface area contributed by atoms with Gasteiger partial charge in [0.2, 0.25) is 0 Å². The number of fused-ring (bicyclic) bond motifs is 1. The van der Waals surface area contributed by atoms with Crippen LogP contribution in [0, 0.1) is 11.3 Å². The molecule has 1 aromatic carbocycles. The molecule has 3 aromatic heterocycles. The van der Waals surface area contributed by atoms with Crippen molar-refractivity contribution in [1.82, 2.24) is 24.5 Å². The number of nitrogens with one attached hydrogen (secondary N) is 1. The molecule has 0 radical (unpaired) electrons. The SMILES string of the molecule is CCS(=O)(=O)c1cc(-c2ncc(C#N)cn2)cnc1-c1nc2cc(NS(=O)(=O)C(F)(F)F)ccc2n1C. The van der Waals surface area contributed by atoms with Crippen molar-refractivity contribution in [3.8, 4) is 29.0 Å². The molecule has 4 aromatic rings. The molecule has 0 aliphatic carbocycles. The van der Waals surface area contributed by atoms with E-state index in [-0.39, 0.29) is 50.3 Å². The molecule has 0 saturated heterocycles. The maximum absolute atomic E-state index is 13.0. The topological polar surface area (TPSA) is 161 Å². The smallest absolute Gasteiger partial charge is 0.326 e. The molecule has 4 rings (SSSR count). The third kappa shape index (κ3) is 4.82. The zero-order chi connectivity index (χ0) is 27.2. The fourth-order valence-corrected chi connectivity index (χ4v) is 4.96. The number of halogens is 3. The van der Waals surface area contributed by atoms with Crippen LogP contribution in [0.3, 0.4) is 0 Å². The molecule has 37 heavy (non-hydrogen) atoms. The number of benzene rings is 1. The normalized spacial score (nSPS) is 12.4. The van der Waals surface area contributed by atoms with E-state index in [2.05, 4.69) is 19.9 Å². The zero-order valence-electron chi connectivity index (χ0n) is 19.0. The molecule has 0 unspecified atom stereocenters. The molecule has 11 nitrogen and oxygen atoms in total. The van der Waals surface area contributed by atoms with Crippen LogP contribution < -0.4 is 4.72 Å². The van der Waals surface area contributed by atoms with Crippen molar-refractivity contribution in [2.75, 3.05) is 10.5 Å². The highest BCUT2D eigenvalue weighted by molar-refractivity contribution is 7.93. The van der Waals surface area contributed by atoms with Gasteiger partial charge < -0.3 is 4.57 Å². The van der Waals surface area contributed by atoms with Gasteiger partial charge in [-0.25, -0.2) is 23.4 Å². The minimum atomic E-state index is -5.65. The number of aromatic nitrogens is 5. The number of hydrogen-bond acceptors (Lipinski definition) is 9. The minimum Gasteiger partial charge on any atom is -0.326 e. The quantitative estimate of drug-likeness (QED) is 0.380. The van der Waals surface area contributed by atoms with Crippen molar-refractivity contribution in [1.29, 1.82) is 5.26 Å². The fraction of sp³-hybridized carbons (Fsp3) is 0.190. The Morgan fingerprint density at radius 1 is 1.05 bits per heavy atom. The number of hydrogen-bond donors (Lipinski definition) is 1. The van der Waals surface area contributed by atoms with Crippen LogP contribution in [0.4, 0.5) is 18.9 Å². The maximum atomic E-state index is 13.0. The van der Waals surface area contributed by atoms with Gasteiger partial charge in [-0.3, -0.25) is 9.71 Å². The van der Waals surface area contributed by atoms with E-state index >= 15 is 0 Å². The Kier molecular flexibility index (Phi) is 6.38. The number of sulfonamides is 1. The van der Waals surface area contributed by atoms with E-state index in [0.717, 1.165) is 12.1 Å². The second kappa shape index (κ2) is 9.09. The molecule has 0 spiro atoms. The Morgan fingerprint density at radius 2 is 1.73 bits per heavy atom. The predicted molar refractivity (Wildman–Crippen MR) is 126 cm³/mol. The lowest BCUT2D eigenvalue weighted by Gasteiger charge is -2.11. The minimum absolute atomic E-state index is 0.0321. The average Bonchev–Trinajstić information content (AvgIpc) is 3.18. The summed E-state index contributed by atoms with van der Waals surface area (Å²) < 4.78 is 90.0. The summed E-state index contributed by atoms with van der Waals surface area (Å²) in [6, 6.07) is 6.76. The molecule has 16 heteroatoms. The van der Waals surface area contributed by atoms with Gasteiger partial charge in [0.15, 0.2) is 21.5 Å². The lowest BCUT2D eigenvalue weighted by molar-refractivity contribution is -0.0429. The first kappa shape index (κ1) is 26.0. The van der Waals surface area contributed by atoms with Crippen LogP contribution in [0.15, 0.2) is 47.8 Å². The average molecular weight is 552 g/mol. The Hall–Kier alpha value is -4.10. The third-order valence-corrected chi connectivity index (χ3v) is 8.11. The van der Waals surface area contributed by atoms with E-state index in [0.29, 0.717) is 5.52 Å². The Balaban J connectivity index is 1.85. The first-order valence-electron chi connectivity index (χ1n) is 10.3. The van der Waals surface area contributed by atoms with Gasteiger partial charge in [-0.15, -0.1) is 0 Å². The molecule has 0 bridgehead atoms. The van der Waals surface area contributed by atoms with Crippen LogP contribution in [0.5, 0.6) is 0 Å². The van der Waals surface area contributed by atoms with Crippen LogP contribution in [-0.2, 0) is 26.9 Å². The summed E-state index contributed by atoms with van der Waals surface area (Å²) in [5.41, 5.74) is -4.96. The Labute approximate surface area is 208 Å². The molecule has 1 N–H and O–H groups in total. The molecule has 0 saturated carbocycles. The van der Waals surface area contributed by atoms with Crippen molar-refractivity contribution in [2.24, 2.45) is 7.05 Å². The van der Waals surface area contributed by atoms with Crippen molar-refractivity contribution < 1.29 is 30.0 Å². The van der Waals surface area contributed by atoms with Crippen LogP contribution in [0.25, 0.3) is 33.9 Å². The van der Waals surface area contributed by atoms with E-state index in [1.807, 2.05) is 6.07 Å². The van der Waals surface area contributed by atoms with Gasteiger partial charge in [-0.05, 0) is 24.3 Å². The second-order valence-electron chi connectivity index (χ2n) is 7.63. The maximum Gasteiger partial charge on any atom is 0.516 e. The number of rotatable bonds is 6. The zero-order valence-corrected chi connectivity index (χ0v) is 20.6. The summed E-state index contributed by atoms with van der Waals surface area (Å²) in [7, 11) is -7.96. The lowest BCUT2D eigenvalue weighted by Crippen LogP contribution is -2.29. The molecule has 0 aliphatic rings. The summed E-state index contributed by atoms with van der Waals surface area (Å²) in [5, 5.41) is 8.92. The standard InChI is InChI=1S/C21H16F3N7O4S2/c1-3-36(32,33)17-6-13(19-27-9-12(8-25)10-28-19)11-26-18(17)20-29-15-7-14(4-5-16(15)31(20)2)30-37(34,35)21(22,23)24/h4-7,9-11,30H,3H2,1-2H3. The number of aryl methyl sites for hydroxylation is 1. The molecule has 3 heterocycles. The fourth-order valence-electron chi connectivity index (χ4n) is 3.35. The van der Waals surface area contributed by atoms with Gasteiger partial charge in [0.1, 0.15) is 11.8 Å². The van der Waals surface area contributed by atoms with E-state index < -0.39 is 25.4 Å². The molecular formula is C21H16F3N7O4S2. The van der Waals surface area contributed by atoms with Gasteiger partial charge in [0.05, 0.1) is 32.9 Å². The summed E-state index contributed by atoms with van der Waals surface area (Å²) >= 11 is 0. The number of imidazole rings is 1. The molecule has 0 fully saturated rings. The molecule has 0 atom stereocenters. The number of anilines is 1. The van der Waals surface area contributed by atoms with E-state index in [9.17, 15) is 30.0 Å². The van der Waals surface area contributed by atoms with Gasteiger partial charge in [0.25, 0.3) is 0 Å². The van der Waals surface area contributed by atoms with Gasteiger partial charge in [-0.1, -0.05) is 6.92 Å². The lowest BCUT2D eigenvalue weighted by atomic mass is 10.2. The number of pyridine rings is 1. The first-order chi connectivity index (χ1) is 17.3. The van der Waals surface area contributed by atoms with Crippen LogP contribution in [0.1, 0.15) is 12.5 Å². The van der Waals surface area contributed by atoms with Crippen molar-refractivity contribution in [2.45, 2.75) is 17.3 Å². The Bertz CT molecular complexity index is 1780. The highest BCUT2D eigenvalue weighted by Crippen LogP contribution is 2.32. The number of alkyl halides is 3. The van der Waals surface area contributed by atoms with E-state index in [1.165, 1.54) is 46.9 Å². The Morgan fingerprint density at radius 3 is 2.32 bits per heavy atom. The summed E-state index contributed by atoms with van der Waals surface area (Å²) in [6.45, 7) is 1.44. The van der Waals surface area contributed by atoms with Gasteiger partial charge in [-0.2, -0.15) is 26.9 Å². The monoisotopic (exact) mass is 551 g/mol. The number of nitriles is 1. The van der Waals surface area contributed by atoms with Gasteiger partial charge in [0, 0.05) is 31.2 Å². The summed E-state index contributed by atoms with van der Waals surface area (Å²) in [4.78, 5) is 16.5. The van der Waals surface area contributed by atoms with Crippen LogP contribution >= 0.6 is 0 Å². The molecule has 0 aliphatic heterocycles. The molecule has 192 valence electrons. The van der Waals surface area contributed by atoms with E-state index in [4.69, 9.17) is 5.26 Å². The molecular weight excluding hydrogens is 535 g/mol. The predicted octanol–water partition coefficient (Wildman–Crippen LogP) is 3.02. The highest BCUT2D eigenvalue weighted by atomic mass is 32.2. The van der Waals surface area contributed by atoms with Gasteiger partial charge >= 0.3 is 15.5 Å². The van der Waals surface area contributed by atoms with Crippen LogP contribution in [0.2, 0.25) is 0 Å². The number of sulfone groups is 1.